The molecular formula is C22H26N4O4. The molecule has 3 heterocycles. The zero-order chi connectivity index (χ0) is 20.9. The number of carbonyl (C=O) groups is 1. The van der Waals surface area contributed by atoms with Gasteiger partial charge in [0.05, 0.1) is 36.5 Å². The molecule has 1 aromatic carbocycles. The summed E-state index contributed by atoms with van der Waals surface area (Å²) in [4.78, 5) is 31.6. The predicted molar refractivity (Wildman–Crippen MR) is 112 cm³/mol. The lowest BCUT2D eigenvalue weighted by Crippen LogP contribution is -2.43. The monoisotopic (exact) mass is 410 g/mol. The fraction of sp³-hybridized carbons (Fsp3) is 0.409. The summed E-state index contributed by atoms with van der Waals surface area (Å²) < 4.78 is 12.8. The minimum atomic E-state index is -0.134. The highest BCUT2D eigenvalue weighted by atomic mass is 16.5. The molecule has 1 atom stereocenters. The van der Waals surface area contributed by atoms with Gasteiger partial charge in [-0.3, -0.25) is 19.1 Å². The summed E-state index contributed by atoms with van der Waals surface area (Å²) in [6.07, 6.45) is 1.70. The number of aromatic nitrogens is 2. The van der Waals surface area contributed by atoms with E-state index in [4.69, 9.17) is 9.15 Å². The number of para-hydroxylation sites is 1. The third-order valence-corrected chi connectivity index (χ3v) is 5.38. The van der Waals surface area contributed by atoms with E-state index >= 15 is 0 Å². The van der Waals surface area contributed by atoms with Crippen LogP contribution in [0.4, 0.5) is 0 Å². The Kier molecular flexibility index (Phi) is 6.25. The van der Waals surface area contributed by atoms with Crippen LogP contribution in [0.5, 0.6) is 0 Å². The molecule has 0 saturated carbocycles. The predicted octanol–water partition coefficient (Wildman–Crippen LogP) is 1.88. The van der Waals surface area contributed by atoms with Gasteiger partial charge in [-0.05, 0) is 31.2 Å². The van der Waals surface area contributed by atoms with Crippen molar-refractivity contribution in [2.75, 3.05) is 32.8 Å². The van der Waals surface area contributed by atoms with Crippen molar-refractivity contribution in [3.8, 4) is 0 Å². The molecule has 8 heteroatoms. The maximum atomic E-state index is 12.6. The second-order valence-corrected chi connectivity index (χ2v) is 7.43. The highest BCUT2D eigenvalue weighted by Crippen LogP contribution is 2.23. The molecule has 1 unspecified atom stereocenters. The number of hydrogen-bond donors (Lipinski definition) is 1. The van der Waals surface area contributed by atoms with Crippen LogP contribution in [0.25, 0.3) is 10.9 Å². The Labute approximate surface area is 174 Å². The highest BCUT2D eigenvalue weighted by molar-refractivity contribution is 5.77. The van der Waals surface area contributed by atoms with E-state index in [1.165, 1.54) is 10.9 Å². The molecule has 1 N–H and O–H groups in total. The fourth-order valence-corrected chi connectivity index (χ4v) is 3.72. The molecular weight excluding hydrogens is 384 g/mol. The number of benzene rings is 1. The Bertz CT molecular complexity index is 1070. The second-order valence-electron chi connectivity index (χ2n) is 7.43. The molecule has 4 rings (SSSR count). The molecule has 1 aliphatic rings. The maximum Gasteiger partial charge on any atom is 0.261 e. The SMILES string of the molecule is Cc1ccc(C(CNC(=O)CCn2cnc3ccccc3c2=O)N2CCOCC2)o1. The van der Waals surface area contributed by atoms with Gasteiger partial charge in [0.1, 0.15) is 11.5 Å². The average molecular weight is 410 g/mol. The normalized spacial score (nSPS) is 15.9. The lowest BCUT2D eigenvalue weighted by atomic mass is 10.1. The van der Waals surface area contributed by atoms with Gasteiger partial charge in [-0.2, -0.15) is 0 Å². The van der Waals surface area contributed by atoms with Crippen LogP contribution in [0.3, 0.4) is 0 Å². The first kappa shape index (κ1) is 20.3. The molecule has 8 nitrogen and oxygen atoms in total. The molecule has 158 valence electrons. The first-order valence-electron chi connectivity index (χ1n) is 10.2. The number of amides is 1. The number of nitrogens with zero attached hydrogens (tertiary/aromatic N) is 3. The van der Waals surface area contributed by atoms with E-state index in [2.05, 4.69) is 15.2 Å². The average Bonchev–Trinajstić information content (AvgIpc) is 3.20. The molecule has 0 spiro atoms. The van der Waals surface area contributed by atoms with Gasteiger partial charge in [0.25, 0.3) is 5.56 Å². The number of carbonyl (C=O) groups excluding carboxylic acids is 1. The van der Waals surface area contributed by atoms with Gasteiger partial charge in [0.15, 0.2) is 0 Å². The molecule has 1 aliphatic heterocycles. The van der Waals surface area contributed by atoms with E-state index in [1.54, 1.807) is 12.1 Å². The smallest absolute Gasteiger partial charge is 0.261 e. The van der Waals surface area contributed by atoms with Crippen LogP contribution in [-0.4, -0.2) is 53.2 Å². The first-order valence-corrected chi connectivity index (χ1v) is 10.2. The molecule has 1 fully saturated rings. The standard InChI is InChI=1S/C22H26N4O4/c1-16-6-7-20(30-16)19(25-10-12-29-13-11-25)14-23-21(27)8-9-26-15-24-18-5-3-2-4-17(18)22(26)28/h2-7,15,19H,8-14H2,1H3,(H,23,27). The van der Waals surface area contributed by atoms with Crippen LogP contribution >= 0.6 is 0 Å². The molecule has 3 aromatic rings. The summed E-state index contributed by atoms with van der Waals surface area (Å²) in [5, 5.41) is 3.55. The van der Waals surface area contributed by atoms with Crippen LogP contribution < -0.4 is 10.9 Å². The number of ether oxygens (including phenoxy) is 1. The van der Waals surface area contributed by atoms with E-state index in [9.17, 15) is 9.59 Å². The van der Waals surface area contributed by atoms with Gasteiger partial charge in [-0.25, -0.2) is 4.98 Å². The van der Waals surface area contributed by atoms with E-state index < -0.39 is 0 Å². The van der Waals surface area contributed by atoms with Crippen molar-refractivity contribution < 1.29 is 13.9 Å². The summed E-state index contributed by atoms with van der Waals surface area (Å²) in [6, 6.07) is 11.1. The van der Waals surface area contributed by atoms with E-state index in [-0.39, 0.29) is 30.5 Å². The number of furan rings is 1. The van der Waals surface area contributed by atoms with Crippen molar-refractivity contribution in [1.82, 2.24) is 19.8 Å². The number of nitrogens with one attached hydrogen (secondary N) is 1. The van der Waals surface area contributed by atoms with E-state index in [0.29, 0.717) is 30.7 Å². The van der Waals surface area contributed by atoms with Crippen molar-refractivity contribution in [3.63, 3.8) is 0 Å². The van der Waals surface area contributed by atoms with Crippen LogP contribution in [0.1, 0.15) is 24.0 Å². The third-order valence-electron chi connectivity index (χ3n) is 5.38. The Morgan fingerprint density at radius 3 is 2.77 bits per heavy atom. The molecule has 0 bridgehead atoms. The number of rotatable bonds is 7. The summed E-state index contributed by atoms with van der Waals surface area (Å²) >= 11 is 0. The molecule has 1 saturated heterocycles. The molecule has 1 amide bonds. The van der Waals surface area contributed by atoms with Gasteiger partial charge < -0.3 is 14.5 Å². The topological polar surface area (TPSA) is 89.6 Å². The van der Waals surface area contributed by atoms with Crippen molar-refractivity contribution >= 4 is 16.8 Å². The summed E-state index contributed by atoms with van der Waals surface area (Å²) in [6.45, 7) is 5.55. The maximum absolute atomic E-state index is 12.6. The van der Waals surface area contributed by atoms with Crippen molar-refractivity contribution in [2.45, 2.75) is 25.9 Å². The van der Waals surface area contributed by atoms with Crippen molar-refractivity contribution in [1.29, 1.82) is 0 Å². The molecule has 2 aromatic heterocycles. The minimum absolute atomic E-state index is 0.0448. The third kappa shape index (κ3) is 4.60. The van der Waals surface area contributed by atoms with Gasteiger partial charge in [-0.1, -0.05) is 12.1 Å². The van der Waals surface area contributed by atoms with Crippen LogP contribution in [-0.2, 0) is 16.1 Å². The largest absolute Gasteiger partial charge is 0.465 e. The first-order chi connectivity index (χ1) is 14.6. The van der Waals surface area contributed by atoms with Crippen LogP contribution in [0.15, 0.2) is 51.9 Å². The zero-order valence-electron chi connectivity index (χ0n) is 17.0. The summed E-state index contributed by atoms with van der Waals surface area (Å²) in [7, 11) is 0. The lowest BCUT2D eigenvalue weighted by Gasteiger charge is -2.33. The summed E-state index contributed by atoms with van der Waals surface area (Å²) in [5.74, 6) is 1.57. The van der Waals surface area contributed by atoms with Crippen LogP contribution in [0.2, 0.25) is 0 Å². The van der Waals surface area contributed by atoms with E-state index in [1.807, 2.05) is 31.2 Å². The number of fused-ring (bicyclic) bond motifs is 1. The zero-order valence-corrected chi connectivity index (χ0v) is 17.0. The van der Waals surface area contributed by atoms with Gasteiger partial charge in [-0.15, -0.1) is 0 Å². The van der Waals surface area contributed by atoms with Gasteiger partial charge in [0.2, 0.25) is 5.91 Å². The second kappa shape index (κ2) is 9.23. The minimum Gasteiger partial charge on any atom is -0.465 e. The lowest BCUT2D eigenvalue weighted by molar-refractivity contribution is -0.121. The Hall–Kier alpha value is -2.97. The highest BCUT2D eigenvalue weighted by Gasteiger charge is 2.25. The van der Waals surface area contributed by atoms with Crippen LogP contribution in [0, 0.1) is 6.92 Å². The quantitative estimate of drug-likeness (QED) is 0.640. The Morgan fingerprint density at radius 2 is 2.00 bits per heavy atom. The Morgan fingerprint density at radius 1 is 1.20 bits per heavy atom. The molecule has 0 radical (unpaired) electrons. The van der Waals surface area contributed by atoms with Gasteiger partial charge in [0, 0.05) is 32.6 Å². The van der Waals surface area contributed by atoms with Crippen molar-refractivity contribution in [3.05, 3.63) is 64.6 Å². The number of morpholine rings is 1. The van der Waals surface area contributed by atoms with E-state index in [0.717, 1.165) is 24.6 Å². The number of aryl methyl sites for hydroxylation is 2. The fourth-order valence-electron chi connectivity index (χ4n) is 3.72. The number of hydrogen-bond acceptors (Lipinski definition) is 6. The Balaban J connectivity index is 1.38. The molecule has 0 aliphatic carbocycles. The summed E-state index contributed by atoms with van der Waals surface area (Å²) in [5.41, 5.74) is 0.524. The molecule has 30 heavy (non-hydrogen) atoms. The van der Waals surface area contributed by atoms with Crippen molar-refractivity contribution in [2.24, 2.45) is 0 Å². The van der Waals surface area contributed by atoms with Gasteiger partial charge >= 0.3 is 0 Å².